The van der Waals surface area contributed by atoms with E-state index in [1.54, 1.807) is 0 Å². The fraction of sp³-hybridized carbons (Fsp3) is 0.105. The molecule has 0 atom stereocenters. The summed E-state index contributed by atoms with van der Waals surface area (Å²) >= 11 is 5.82. The summed E-state index contributed by atoms with van der Waals surface area (Å²) in [5.41, 5.74) is 1.12. The SMILES string of the molecule is COc1ncc(Cl)cc1S(=O)(=O)Nc1ccc(F)c(-n2c(=O)c3cnc(N)nc3n(C)c2=O)c1F. The second-order valence-corrected chi connectivity index (χ2v) is 9.06. The normalized spacial score (nSPS) is 11.6. The van der Waals surface area contributed by atoms with Crippen LogP contribution in [0.3, 0.4) is 0 Å². The summed E-state index contributed by atoms with van der Waals surface area (Å²) in [5, 5.41) is -0.318. The first-order chi connectivity index (χ1) is 16.5. The van der Waals surface area contributed by atoms with Crippen LogP contribution in [0.5, 0.6) is 5.88 Å². The van der Waals surface area contributed by atoms with Gasteiger partial charge in [-0.1, -0.05) is 11.6 Å². The minimum atomic E-state index is -4.57. The summed E-state index contributed by atoms with van der Waals surface area (Å²) in [7, 11) is -2.21. The third-order valence-corrected chi connectivity index (χ3v) is 6.39. The van der Waals surface area contributed by atoms with Crippen LogP contribution in [-0.2, 0) is 17.1 Å². The first-order valence-corrected chi connectivity index (χ1v) is 11.3. The van der Waals surface area contributed by atoms with E-state index in [0.29, 0.717) is 6.07 Å². The molecule has 0 saturated carbocycles. The van der Waals surface area contributed by atoms with Crippen LogP contribution < -0.4 is 26.4 Å². The number of nitrogens with two attached hydrogens (primary N) is 1. The second-order valence-electron chi connectivity index (χ2n) is 6.97. The van der Waals surface area contributed by atoms with Crippen molar-refractivity contribution in [3.63, 3.8) is 0 Å². The van der Waals surface area contributed by atoms with E-state index in [0.717, 1.165) is 36.2 Å². The van der Waals surface area contributed by atoms with Crippen molar-refractivity contribution in [3.05, 3.63) is 68.1 Å². The topological polar surface area (TPSA) is 164 Å². The number of rotatable bonds is 5. The number of halogens is 3. The van der Waals surface area contributed by atoms with Gasteiger partial charge in [0.15, 0.2) is 22.2 Å². The number of aryl methyl sites for hydroxylation is 1. The number of sulfonamides is 1. The lowest BCUT2D eigenvalue weighted by Gasteiger charge is -2.15. The molecule has 0 fully saturated rings. The van der Waals surface area contributed by atoms with Gasteiger partial charge in [-0.05, 0) is 18.2 Å². The van der Waals surface area contributed by atoms with E-state index < -0.39 is 49.2 Å². The molecule has 12 nitrogen and oxygen atoms in total. The van der Waals surface area contributed by atoms with Crippen LogP contribution in [0.25, 0.3) is 16.7 Å². The van der Waals surface area contributed by atoms with E-state index >= 15 is 4.39 Å². The molecule has 1 aromatic carbocycles. The van der Waals surface area contributed by atoms with Crippen LogP contribution in [-0.4, -0.2) is 39.6 Å². The lowest BCUT2D eigenvalue weighted by Crippen LogP contribution is -2.39. The Morgan fingerprint density at radius 3 is 2.57 bits per heavy atom. The highest BCUT2D eigenvalue weighted by atomic mass is 35.5. The van der Waals surface area contributed by atoms with Crippen molar-refractivity contribution in [1.82, 2.24) is 24.1 Å². The summed E-state index contributed by atoms with van der Waals surface area (Å²) in [5.74, 6) is -3.44. The molecule has 0 radical (unpaired) electrons. The molecule has 0 spiro atoms. The lowest BCUT2D eigenvalue weighted by molar-refractivity contribution is 0.385. The molecule has 3 aromatic heterocycles. The van der Waals surface area contributed by atoms with E-state index in [1.807, 2.05) is 4.72 Å². The van der Waals surface area contributed by atoms with Crippen molar-refractivity contribution in [2.24, 2.45) is 7.05 Å². The first-order valence-electron chi connectivity index (χ1n) is 9.41. The quantitative estimate of drug-likeness (QED) is 0.389. The number of methoxy groups -OCH3 is 1. The van der Waals surface area contributed by atoms with Gasteiger partial charge in [-0.2, -0.15) is 4.98 Å². The standard InChI is InChI=1S/C19H14ClF2N7O5S/c1-28-15-9(7-25-18(23)26-15)17(30)29(19(28)31)14-10(21)3-4-11(13(14)22)27-35(32,33)12-5-8(20)6-24-16(12)34-2/h3-7,27H,1-2H3,(H2,23,25,26). The van der Waals surface area contributed by atoms with Gasteiger partial charge >= 0.3 is 5.69 Å². The minimum absolute atomic E-state index is 0.0551. The van der Waals surface area contributed by atoms with Gasteiger partial charge in [0.25, 0.3) is 15.6 Å². The number of pyridine rings is 1. The van der Waals surface area contributed by atoms with E-state index in [1.165, 1.54) is 7.05 Å². The van der Waals surface area contributed by atoms with Crippen LogP contribution in [0.15, 0.2) is 45.1 Å². The van der Waals surface area contributed by atoms with Crippen LogP contribution in [0, 0.1) is 11.6 Å². The average molecular weight is 526 g/mol. The number of aromatic nitrogens is 5. The fourth-order valence-corrected chi connectivity index (χ4v) is 4.64. The molecule has 0 aliphatic heterocycles. The monoisotopic (exact) mass is 525 g/mol. The zero-order chi connectivity index (χ0) is 25.7. The Balaban J connectivity index is 1.93. The first kappa shape index (κ1) is 24.0. The Bertz CT molecular complexity index is 1740. The molecule has 0 bridgehead atoms. The van der Waals surface area contributed by atoms with E-state index in [4.69, 9.17) is 22.1 Å². The smallest absolute Gasteiger partial charge is 0.337 e. The number of fused-ring (bicyclic) bond motifs is 1. The molecular formula is C19H14ClF2N7O5S. The maximum Gasteiger partial charge on any atom is 0.337 e. The zero-order valence-electron chi connectivity index (χ0n) is 17.8. The summed E-state index contributed by atoms with van der Waals surface area (Å²) in [6.07, 6.45) is 2.13. The van der Waals surface area contributed by atoms with Crippen molar-refractivity contribution in [1.29, 1.82) is 0 Å². The molecule has 35 heavy (non-hydrogen) atoms. The lowest BCUT2D eigenvalue weighted by atomic mass is 10.2. The third-order valence-electron chi connectivity index (χ3n) is 4.82. The Morgan fingerprint density at radius 1 is 1.17 bits per heavy atom. The number of nitrogen functional groups attached to an aromatic ring is 1. The van der Waals surface area contributed by atoms with Crippen LogP contribution >= 0.6 is 11.6 Å². The average Bonchev–Trinajstić information content (AvgIpc) is 2.81. The second kappa shape index (κ2) is 8.59. The molecule has 0 unspecified atom stereocenters. The van der Waals surface area contributed by atoms with E-state index in [-0.39, 0.29) is 32.5 Å². The predicted molar refractivity (Wildman–Crippen MR) is 121 cm³/mol. The number of ether oxygens (including phenoxy) is 1. The van der Waals surface area contributed by atoms with Crippen molar-refractivity contribution in [2.45, 2.75) is 4.90 Å². The van der Waals surface area contributed by atoms with Crippen LogP contribution in [0.2, 0.25) is 5.02 Å². The molecular weight excluding hydrogens is 512 g/mol. The van der Waals surface area contributed by atoms with E-state index in [9.17, 15) is 22.4 Å². The van der Waals surface area contributed by atoms with Gasteiger partial charge in [-0.15, -0.1) is 0 Å². The van der Waals surface area contributed by atoms with Gasteiger partial charge < -0.3 is 10.5 Å². The summed E-state index contributed by atoms with van der Waals surface area (Å²) < 4.78 is 63.9. The van der Waals surface area contributed by atoms with Gasteiger partial charge in [-0.25, -0.2) is 36.5 Å². The van der Waals surface area contributed by atoms with Gasteiger partial charge in [0.05, 0.1) is 17.8 Å². The molecule has 0 amide bonds. The Morgan fingerprint density at radius 2 is 1.89 bits per heavy atom. The number of nitrogens with one attached hydrogen (secondary N) is 1. The van der Waals surface area contributed by atoms with Gasteiger partial charge in [0.1, 0.15) is 11.1 Å². The van der Waals surface area contributed by atoms with Gasteiger partial charge in [-0.3, -0.25) is 14.1 Å². The molecule has 3 N–H and O–H groups in total. The Kier molecular flexibility index (Phi) is 5.90. The van der Waals surface area contributed by atoms with Crippen molar-refractivity contribution in [3.8, 4) is 11.6 Å². The maximum absolute atomic E-state index is 15.5. The van der Waals surface area contributed by atoms with Gasteiger partial charge in [0.2, 0.25) is 11.8 Å². The van der Waals surface area contributed by atoms with Crippen LogP contribution in [0.1, 0.15) is 0 Å². The summed E-state index contributed by atoms with van der Waals surface area (Å²) in [6, 6.07) is 2.46. The number of hydrogen-bond donors (Lipinski definition) is 2. The van der Waals surface area contributed by atoms with Crippen molar-refractivity contribution in [2.75, 3.05) is 17.6 Å². The summed E-state index contributed by atoms with van der Waals surface area (Å²) in [4.78, 5) is 36.5. The molecule has 0 aliphatic carbocycles. The van der Waals surface area contributed by atoms with Crippen LogP contribution in [0.4, 0.5) is 20.4 Å². The number of hydrogen-bond acceptors (Lipinski definition) is 9. The fourth-order valence-electron chi connectivity index (χ4n) is 3.22. The van der Waals surface area contributed by atoms with Crippen molar-refractivity contribution < 1.29 is 21.9 Å². The molecule has 3 heterocycles. The number of anilines is 2. The predicted octanol–water partition coefficient (Wildman–Crippen LogP) is 1.20. The largest absolute Gasteiger partial charge is 0.480 e. The molecule has 4 rings (SSSR count). The number of benzene rings is 1. The van der Waals surface area contributed by atoms with Gasteiger partial charge in [0, 0.05) is 19.4 Å². The molecule has 182 valence electrons. The maximum atomic E-state index is 15.5. The van der Waals surface area contributed by atoms with E-state index in [2.05, 4.69) is 15.0 Å². The molecule has 4 aromatic rings. The highest BCUT2D eigenvalue weighted by Crippen LogP contribution is 2.29. The Hall–Kier alpha value is -4.11. The number of nitrogens with zero attached hydrogens (tertiary/aromatic N) is 5. The zero-order valence-corrected chi connectivity index (χ0v) is 19.4. The summed E-state index contributed by atoms with van der Waals surface area (Å²) in [6.45, 7) is 0. The highest BCUT2D eigenvalue weighted by molar-refractivity contribution is 7.92. The highest BCUT2D eigenvalue weighted by Gasteiger charge is 2.27. The minimum Gasteiger partial charge on any atom is -0.480 e. The Labute approximate surface area is 199 Å². The molecule has 0 saturated heterocycles. The van der Waals surface area contributed by atoms with Crippen molar-refractivity contribution >= 4 is 44.3 Å². The molecule has 16 heteroatoms. The third kappa shape index (κ3) is 4.04. The molecule has 0 aliphatic rings.